The maximum Gasteiger partial charge on any atom is 0.198 e. The molecule has 0 saturated carbocycles. The smallest absolute Gasteiger partial charge is 0.198 e. The summed E-state index contributed by atoms with van der Waals surface area (Å²) in [7, 11) is 1.60. The molecule has 0 saturated heterocycles. The van der Waals surface area contributed by atoms with Crippen LogP contribution in [0.3, 0.4) is 0 Å². The molecule has 19 heavy (non-hydrogen) atoms. The van der Waals surface area contributed by atoms with Gasteiger partial charge in [0.1, 0.15) is 6.33 Å². The third-order valence-corrected chi connectivity index (χ3v) is 2.92. The van der Waals surface area contributed by atoms with Crippen LogP contribution in [0.15, 0.2) is 42.7 Å². The molecule has 3 rings (SSSR count). The summed E-state index contributed by atoms with van der Waals surface area (Å²) < 4.78 is 6.97. The molecule has 2 aromatic heterocycles. The minimum Gasteiger partial charge on any atom is -0.493 e. The average Bonchev–Trinajstić information content (AvgIpc) is 2.96. The Balaban J connectivity index is 2.20. The number of aromatic nitrogens is 3. The van der Waals surface area contributed by atoms with E-state index in [2.05, 4.69) is 16.2 Å². The fraction of sp³-hybridized carbons (Fsp3) is 0.0714. The van der Waals surface area contributed by atoms with E-state index in [0.717, 1.165) is 11.3 Å². The van der Waals surface area contributed by atoms with Crippen molar-refractivity contribution < 1.29 is 4.74 Å². The van der Waals surface area contributed by atoms with Crippen molar-refractivity contribution in [2.45, 2.75) is 0 Å². The first kappa shape index (κ1) is 11.2. The highest BCUT2D eigenvalue weighted by Crippen LogP contribution is 2.25. The standard InChI is InChI=1S/C14H10N4O/c1-19-13-7-6-12(18-14(13)16-9-17-18)11-4-2-10(8-15)3-5-11/h2-7,9H,1H3. The van der Waals surface area contributed by atoms with E-state index in [0.29, 0.717) is 17.0 Å². The van der Waals surface area contributed by atoms with Gasteiger partial charge in [0, 0.05) is 5.56 Å². The van der Waals surface area contributed by atoms with E-state index in [4.69, 9.17) is 10.00 Å². The van der Waals surface area contributed by atoms with E-state index in [1.807, 2.05) is 24.3 Å². The summed E-state index contributed by atoms with van der Waals surface area (Å²) in [6.45, 7) is 0. The molecule has 0 spiro atoms. The topological polar surface area (TPSA) is 63.2 Å². The molecule has 0 bridgehead atoms. The van der Waals surface area contributed by atoms with Crippen LogP contribution in [0.2, 0.25) is 0 Å². The molecule has 0 aliphatic carbocycles. The fourth-order valence-electron chi connectivity index (χ4n) is 1.98. The van der Waals surface area contributed by atoms with Gasteiger partial charge in [0.15, 0.2) is 11.4 Å². The molecule has 0 N–H and O–H groups in total. The lowest BCUT2D eigenvalue weighted by Gasteiger charge is -2.07. The van der Waals surface area contributed by atoms with E-state index < -0.39 is 0 Å². The van der Waals surface area contributed by atoms with Crippen LogP contribution in [0.1, 0.15) is 5.56 Å². The molecule has 5 nitrogen and oxygen atoms in total. The zero-order chi connectivity index (χ0) is 13.2. The summed E-state index contributed by atoms with van der Waals surface area (Å²) in [5.41, 5.74) is 3.17. The number of hydrogen-bond donors (Lipinski definition) is 0. The lowest BCUT2D eigenvalue weighted by Crippen LogP contribution is -1.96. The van der Waals surface area contributed by atoms with Gasteiger partial charge in [-0.05, 0) is 24.3 Å². The van der Waals surface area contributed by atoms with Gasteiger partial charge >= 0.3 is 0 Å². The molecule has 2 heterocycles. The highest BCUT2D eigenvalue weighted by molar-refractivity contribution is 5.67. The van der Waals surface area contributed by atoms with E-state index >= 15 is 0 Å². The zero-order valence-electron chi connectivity index (χ0n) is 10.2. The van der Waals surface area contributed by atoms with E-state index in [1.54, 1.807) is 23.8 Å². The molecule has 1 aromatic carbocycles. The molecule has 5 heteroatoms. The van der Waals surface area contributed by atoms with Crippen LogP contribution < -0.4 is 4.74 Å². The van der Waals surface area contributed by atoms with Crippen LogP contribution in [-0.2, 0) is 0 Å². The van der Waals surface area contributed by atoms with Crippen molar-refractivity contribution in [3.8, 4) is 23.1 Å². The summed E-state index contributed by atoms with van der Waals surface area (Å²) in [5, 5.41) is 13.0. The number of pyridine rings is 1. The van der Waals surface area contributed by atoms with Crippen molar-refractivity contribution in [2.24, 2.45) is 0 Å². The van der Waals surface area contributed by atoms with Crippen molar-refractivity contribution in [1.29, 1.82) is 5.26 Å². The summed E-state index contributed by atoms with van der Waals surface area (Å²) in [4.78, 5) is 4.18. The van der Waals surface area contributed by atoms with E-state index in [-0.39, 0.29) is 0 Å². The molecule has 0 amide bonds. The van der Waals surface area contributed by atoms with Gasteiger partial charge in [0.25, 0.3) is 0 Å². The molecule has 0 atom stereocenters. The maximum atomic E-state index is 8.81. The van der Waals surface area contributed by atoms with Crippen LogP contribution in [-0.4, -0.2) is 21.7 Å². The van der Waals surface area contributed by atoms with Crippen LogP contribution in [0.4, 0.5) is 0 Å². The first-order valence-corrected chi connectivity index (χ1v) is 5.71. The maximum absolute atomic E-state index is 8.81. The predicted molar refractivity (Wildman–Crippen MR) is 69.7 cm³/mol. The molecular weight excluding hydrogens is 240 g/mol. The minimum absolute atomic E-state index is 0.632. The van der Waals surface area contributed by atoms with Gasteiger partial charge in [-0.3, -0.25) is 0 Å². The quantitative estimate of drug-likeness (QED) is 0.700. The largest absolute Gasteiger partial charge is 0.493 e. The van der Waals surface area contributed by atoms with Gasteiger partial charge in [-0.25, -0.2) is 9.50 Å². The van der Waals surface area contributed by atoms with Crippen LogP contribution in [0.5, 0.6) is 5.75 Å². The highest BCUT2D eigenvalue weighted by Gasteiger charge is 2.09. The van der Waals surface area contributed by atoms with Crippen LogP contribution >= 0.6 is 0 Å². The third kappa shape index (κ3) is 1.79. The molecular formula is C14H10N4O. The SMILES string of the molecule is COc1ccc(-c2ccc(C#N)cc2)n2ncnc12. The normalized spacial score (nSPS) is 10.3. The average molecular weight is 250 g/mol. The highest BCUT2D eigenvalue weighted by atomic mass is 16.5. The van der Waals surface area contributed by atoms with E-state index in [1.165, 1.54) is 6.33 Å². The fourth-order valence-corrected chi connectivity index (χ4v) is 1.98. The number of nitrogens with zero attached hydrogens (tertiary/aromatic N) is 4. The van der Waals surface area contributed by atoms with Gasteiger partial charge in [0.05, 0.1) is 24.4 Å². The Morgan fingerprint density at radius 2 is 1.95 bits per heavy atom. The molecule has 0 aliphatic heterocycles. The Morgan fingerprint density at radius 1 is 1.16 bits per heavy atom. The van der Waals surface area contributed by atoms with Crippen LogP contribution in [0, 0.1) is 11.3 Å². The number of hydrogen-bond acceptors (Lipinski definition) is 4. The van der Waals surface area contributed by atoms with Gasteiger partial charge in [-0.2, -0.15) is 10.4 Å². The number of rotatable bonds is 2. The second-order valence-corrected chi connectivity index (χ2v) is 3.97. The first-order valence-electron chi connectivity index (χ1n) is 5.71. The van der Waals surface area contributed by atoms with Crippen molar-refractivity contribution in [3.63, 3.8) is 0 Å². The lowest BCUT2D eigenvalue weighted by molar-refractivity contribution is 0.416. The number of methoxy groups -OCH3 is 1. The number of nitriles is 1. The molecule has 0 aliphatic rings. The molecule has 0 fully saturated rings. The molecule has 92 valence electrons. The summed E-state index contributed by atoms with van der Waals surface area (Å²) in [6.07, 6.45) is 1.49. The van der Waals surface area contributed by atoms with Gasteiger partial charge in [-0.1, -0.05) is 12.1 Å². The van der Waals surface area contributed by atoms with Crippen molar-refractivity contribution in [2.75, 3.05) is 7.11 Å². The second kappa shape index (κ2) is 4.42. The number of ether oxygens (including phenoxy) is 1. The van der Waals surface area contributed by atoms with Crippen molar-refractivity contribution in [1.82, 2.24) is 14.6 Å². The van der Waals surface area contributed by atoms with Gasteiger partial charge in [0.2, 0.25) is 0 Å². The monoisotopic (exact) mass is 250 g/mol. The Kier molecular flexibility index (Phi) is 2.62. The van der Waals surface area contributed by atoms with Crippen molar-refractivity contribution >= 4 is 5.65 Å². The van der Waals surface area contributed by atoms with Gasteiger partial charge in [-0.15, -0.1) is 0 Å². The predicted octanol–water partition coefficient (Wildman–Crippen LogP) is 2.28. The molecule has 0 unspecified atom stereocenters. The Labute approximate surface area is 109 Å². The third-order valence-electron chi connectivity index (χ3n) is 2.92. The van der Waals surface area contributed by atoms with Gasteiger partial charge < -0.3 is 4.74 Å². The minimum atomic E-state index is 0.632. The molecule has 0 radical (unpaired) electrons. The van der Waals surface area contributed by atoms with Crippen LogP contribution in [0.25, 0.3) is 16.9 Å². The van der Waals surface area contributed by atoms with E-state index in [9.17, 15) is 0 Å². The summed E-state index contributed by atoms with van der Waals surface area (Å²) in [5.74, 6) is 0.676. The van der Waals surface area contributed by atoms with Crippen molar-refractivity contribution in [3.05, 3.63) is 48.3 Å². The Hall–Kier alpha value is -2.87. The zero-order valence-corrected chi connectivity index (χ0v) is 10.2. The first-order chi connectivity index (χ1) is 9.33. The second-order valence-electron chi connectivity index (χ2n) is 3.97. The summed E-state index contributed by atoms with van der Waals surface area (Å²) >= 11 is 0. The number of fused-ring (bicyclic) bond motifs is 1. The Bertz CT molecular complexity index is 768. The molecule has 3 aromatic rings. The number of benzene rings is 1. The summed E-state index contributed by atoms with van der Waals surface area (Å²) in [6, 6.07) is 13.2. The lowest BCUT2D eigenvalue weighted by atomic mass is 10.1. The Morgan fingerprint density at radius 3 is 2.63 bits per heavy atom.